The lowest BCUT2D eigenvalue weighted by Crippen LogP contribution is -2.34. The molecule has 4 nitrogen and oxygen atoms in total. The molecule has 1 saturated heterocycles. The fourth-order valence-corrected chi connectivity index (χ4v) is 1.23. The van der Waals surface area contributed by atoms with Gasteiger partial charge < -0.3 is 10.1 Å². The van der Waals surface area contributed by atoms with Crippen molar-refractivity contribution in [3.63, 3.8) is 0 Å². The first-order valence-corrected chi connectivity index (χ1v) is 3.88. The van der Waals surface area contributed by atoms with Crippen molar-refractivity contribution in [2.24, 2.45) is 5.41 Å². The van der Waals surface area contributed by atoms with Crippen LogP contribution in [0.2, 0.25) is 0 Å². The zero-order valence-electron chi connectivity index (χ0n) is 7.51. The van der Waals surface area contributed by atoms with E-state index in [4.69, 9.17) is 4.74 Å². The van der Waals surface area contributed by atoms with Gasteiger partial charge in [0.15, 0.2) is 6.10 Å². The number of hydrogen-bond acceptors (Lipinski definition) is 3. The van der Waals surface area contributed by atoms with Crippen molar-refractivity contribution in [3.05, 3.63) is 0 Å². The zero-order chi connectivity index (χ0) is 9.35. The molecule has 4 heteroatoms. The molecule has 1 atom stereocenters. The summed E-state index contributed by atoms with van der Waals surface area (Å²) in [6.45, 7) is 5.64. The van der Waals surface area contributed by atoms with Crippen LogP contribution in [0.4, 0.5) is 0 Å². The molecule has 0 aromatic rings. The van der Waals surface area contributed by atoms with Crippen molar-refractivity contribution in [1.29, 1.82) is 0 Å². The molecular weight excluding hydrogens is 158 g/mol. The summed E-state index contributed by atoms with van der Waals surface area (Å²) in [7, 11) is 0. The molecule has 1 N–H and O–H groups in total. The van der Waals surface area contributed by atoms with Gasteiger partial charge in [-0.15, -0.1) is 0 Å². The topological polar surface area (TPSA) is 55.4 Å². The first kappa shape index (κ1) is 9.03. The summed E-state index contributed by atoms with van der Waals surface area (Å²) in [5.41, 5.74) is -0.289. The molecule has 1 fully saturated rings. The van der Waals surface area contributed by atoms with Crippen molar-refractivity contribution in [1.82, 2.24) is 5.32 Å². The number of hydrogen-bond donors (Lipinski definition) is 1. The van der Waals surface area contributed by atoms with Gasteiger partial charge in [0.2, 0.25) is 0 Å². The number of carbonyl (C=O) groups excluding carboxylic acids is 2. The third kappa shape index (κ3) is 1.57. The Morgan fingerprint density at radius 1 is 1.67 bits per heavy atom. The number of ether oxygens (including phenoxy) is 1. The SMILES string of the molecule is CC(=O)O[C@@H]1C(=O)NCC1(C)C. The van der Waals surface area contributed by atoms with Crippen molar-refractivity contribution < 1.29 is 14.3 Å². The maximum Gasteiger partial charge on any atom is 0.303 e. The van der Waals surface area contributed by atoms with Crippen LogP contribution in [-0.2, 0) is 14.3 Å². The van der Waals surface area contributed by atoms with E-state index in [-0.39, 0.29) is 11.3 Å². The predicted molar refractivity (Wildman–Crippen MR) is 42.3 cm³/mol. The summed E-state index contributed by atoms with van der Waals surface area (Å²) >= 11 is 0. The Bertz CT molecular complexity index is 222. The highest BCUT2D eigenvalue weighted by molar-refractivity contribution is 5.86. The second-order valence-electron chi connectivity index (χ2n) is 3.70. The molecule has 0 saturated carbocycles. The molecule has 1 heterocycles. The smallest absolute Gasteiger partial charge is 0.303 e. The van der Waals surface area contributed by atoms with Gasteiger partial charge in [-0.3, -0.25) is 9.59 Å². The second-order valence-corrected chi connectivity index (χ2v) is 3.70. The van der Waals surface area contributed by atoms with Crippen molar-refractivity contribution in [2.75, 3.05) is 6.54 Å². The van der Waals surface area contributed by atoms with Gasteiger partial charge in [-0.2, -0.15) is 0 Å². The Hall–Kier alpha value is -1.06. The maximum absolute atomic E-state index is 11.1. The van der Waals surface area contributed by atoms with E-state index in [0.717, 1.165) is 0 Å². The van der Waals surface area contributed by atoms with Crippen LogP contribution < -0.4 is 5.32 Å². The Morgan fingerprint density at radius 2 is 2.25 bits per heavy atom. The van der Waals surface area contributed by atoms with Crippen LogP contribution in [0.15, 0.2) is 0 Å². The number of rotatable bonds is 1. The maximum atomic E-state index is 11.1. The second kappa shape index (κ2) is 2.77. The summed E-state index contributed by atoms with van der Waals surface area (Å²) in [6, 6.07) is 0. The van der Waals surface area contributed by atoms with E-state index >= 15 is 0 Å². The first-order valence-electron chi connectivity index (χ1n) is 3.88. The van der Waals surface area contributed by atoms with Gasteiger partial charge in [0.1, 0.15) is 0 Å². The van der Waals surface area contributed by atoms with E-state index in [1.807, 2.05) is 13.8 Å². The molecule has 1 amide bonds. The fraction of sp³-hybridized carbons (Fsp3) is 0.750. The highest BCUT2D eigenvalue weighted by Crippen LogP contribution is 2.27. The highest BCUT2D eigenvalue weighted by atomic mass is 16.5. The Labute approximate surface area is 71.3 Å². The average Bonchev–Trinajstić information content (AvgIpc) is 2.15. The lowest BCUT2D eigenvalue weighted by Gasteiger charge is -2.22. The van der Waals surface area contributed by atoms with Crippen LogP contribution in [0, 0.1) is 5.41 Å². The Morgan fingerprint density at radius 3 is 2.58 bits per heavy atom. The largest absolute Gasteiger partial charge is 0.452 e. The van der Waals surface area contributed by atoms with E-state index in [9.17, 15) is 9.59 Å². The van der Waals surface area contributed by atoms with Crippen molar-refractivity contribution in [3.8, 4) is 0 Å². The van der Waals surface area contributed by atoms with Gasteiger partial charge in [0.05, 0.1) is 0 Å². The van der Waals surface area contributed by atoms with E-state index in [2.05, 4.69) is 5.32 Å². The average molecular weight is 171 g/mol. The fourth-order valence-electron chi connectivity index (χ4n) is 1.23. The molecule has 0 aromatic heterocycles. The van der Waals surface area contributed by atoms with Crippen LogP contribution in [0.1, 0.15) is 20.8 Å². The van der Waals surface area contributed by atoms with Crippen molar-refractivity contribution >= 4 is 11.9 Å². The van der Waals surface area contributed by atoms with Crippen LogP contribution in [0.5, 0.6) is 0 Å². The lowest BCUT2D eigenvalue weighted by molar-refractivity contribution is -0.156. The minimum absolute atomic E-state index is 0.199. The van der Waals surface area contributed by atoms with Crippen LogP contribution >= 0.6 is 0 Å². The molecule has 0 spiro atoms. The number of esters is 1. The molecule has 1 aliphatic rings. The van der Waals surface area contributed by atoms with Gasteiger partial charge in [-0.25, -0.2) is 0 Å². The van der Waals surface area contributed by atoms with Gasteiger partial charge in [0, 0.05) is 18.9 Å². The molecular formula is C8H13NO3. The van der Waals surface area contributed by atoms with E-state index in [0.29, 0.717) is 6.54 Å². The Balaban J connectivity index is 2.71. The minimum atomic E-state index is -0.630. The lowest BCUT2D eigenvalue weighted by atomic mass is 9.90. The van der Waals surface area contributed by atoms with Gasteiger partial charge in [0.25, 0.3) is 5.91 Å². The van der Waals surface area contributed by atoms with Gasteiger partial charge >= 0.3 is 5.97 Å². The normalized spacial score (nSPS) is 26.6. The predicted octanol–water partition coefficient (Wildman–Crippen LogP) is 0.0741. The molecule has 1 aliphatic heterocycles. The van der Waals surface area contributed by atoms with Crippen LogP contribution in [-0.4, -0.2) is 24.5 Å². The molecule has 68 valence electrons. The third-order valence-corrected chi connectivity index (χ3v) is 1.95. The number of carbonyl (C=O) groups is 2. The van der Waals surface area contributed by atoms with Gasteiger partial charge in [-0.1, -0.05) is 13.8 Å². The molecule has 0 unspecified atom stereocenters. The molecule has 0 bridgehead atoms. The summed E-state index contributed by atoms with van der Waals surface area (Å²) in [5.74, 6) is -0.611. The number of nitrogens with one attached hydrogen (secondary N) is 1. The Kier molecular flexibility index (Phi) is 2.08. The van der Waals surface area contributed by atoms with E-state index in [1.54, 1.807) is 0 Å². The van der Waals surface area contributed by atoms with E-state index < -0.39 is 12.1 Å². The summed E-state index contributed by atoms with van der Waals surface area (Å²) < 4.78 is 4.89. The van der Waals surface area contributed by atoms with E-state index in [1.165, 1.54) is 6.92 Å². The molecule has 12 heavy (non-hydrogen) atoms. The molecule has 0 aromatic carbocycles. The third-order valence-electron chi connectivity index (χ3n) is 1.95. The van der Waals surface area contributed by atoms with Crippen molar-refractivity contribution in [2.45, 2.75) is 26.9 Å². The quantitative estimate of drug-likeness (QED) is 0.568. The summed E-state index contributed by atoms with van der Waals surface area (Å²) in [5, 5.41) is 2.65. The minimum Gasteiger partial charge on any atom is -0.452 e. The van der Waals surface area contributed by atoms with Gasteiger partial charge in [-0.05, 0) is 0 Å². The zero-order valence-corrected chi connectivity index (χ0v) is 7.51. The molecule has 0 aliphatic carbocycles. The molecule has 1 rings (SSSR count). The van der Waals surface area contributed by atoms with Crippen LogP contribution in [0.25, 0.3) is 0 Å². The first-order chi connectivity index (χ1) is 5.43. The standard InChI is InChI=1S/C8H13NO3/c1-5(10)12-6-7(11)9-4-8(6,2)3/h6H,4H2,1-3H3,(H,9,11)/t6-/m1/s1. The van der Waals surface area contributed by atoms with Crippen LogP contribution in [0.3, 0.4) is 0 Å². The highest BCUT2D eigenvalue weighted by Gasteiger charge is 2.43. The molecule has 0 radical (unpaired) electrons. The number of amides is 1. The summed E-state index contributed by atoms with van der Waals surface area (Å²) in [4.78, 5) is 21.8. The summed E-state index contributed by atoms with van der Waals surface area (Å²) in [6.07, 6.45) is -0.630. The monoisotopic (exact) mass is 171 g/mol.